The van der Waals surface area contributed by atoms with Gasteiger partial charge >= 0.3 is 0 Å². The standard InChI is InChI=1S/C19H23N3O4/c1-11-6-14(26-21-11)7-13-9-22(10-17(13)23)19(25)15-8-12-4-2-3-5-16(12)20-18(15)24/h6,8,13,17,23H,2-5,7,9-10H2,1H3,(H,20,24)/t13-,17+/m1/s1. The Morgan fingerprint density at radius 1 is 1.35 bits per heavy atom. The van der Waals surface area contributed by atoms with Crippen LogP contribution in [-0.4, -0.2) is 45.2 Å². The highest BCUT2D eigenvalue weighted by atomic mass is 16.5. The first-order valence-electron chi connectivity index (χ1n) is 9.16. The average Bonchev–Trinajstić information content (AvgIpc) is 3.20. The number of carbonyl (C=O) groups excluding carboxylic acids is 1. The van der Waals surface area contributed by atoms with Gasteiger partial charge in [-0.25, -0.2) is 0 Å². The lowest BCUT2D eigenvalue weighted by molar-refractivity contribution is 0.0762. The summed E-state index contributed by atoms with van der Waals surface area (Å²) < 4.78 is 5.22. The van der Waals surface area contributed by atoms with Gasteiger partial charge in [0.2, 0.25) is 0 Å². The third-order valence-electron chi connectivity index (χ3n) is 5.40. The van der Waals surface area contributed by atoms with Gasteiger partial charge in [0, 0.05) is 37.2 Å². The van der Waals surface area contributed by atoms with Crippen LogP contribution in [0, 0.1) is 12.8 Å². The molecule has 0 bridgehead atoms. The topological polar surface area (TPSA) is 99.4 Å². The molecule has 2 aliphatic rings. The molecule has 0 unspecified atom stereocenters. The zero-order chi connectivity index (χ0) is 18.3. The summed E-state index contributed by atoms with van der Waals surface area (Å²) in [4.78, 5) is 29.7. The summed E-state index contributed by atoms with van der Waals surface area (Å²) in [6.45, 7) is 2.47. The molecule has 1 aliphatic heterocycles. The maximum absolute atomic E-state index is 12.9. The van der Waals surface area contributed by atoms with Crippen molar-refractivity contribution < 1.29 is 14.4 Å². The zero-order valence-electron chi connectivity index (χ0n) is 14.8. The molecule has 7 nitrogen and oxygen atoms in total. The largest absolute Gasteiger partial charge is 0.391 e. The fourth-order valence-electron chi connectivity index (χ4n) is 4.00. The third-order valence-corrected chi connectivity index (χ3v) is 5.40. The fraction of sp³-hybridized carbons (Fsp3) is 0.526. The van der Waals surface area contributed by atoms with Crippen LogP contribution in [0.2, 0.25) is 0 Å². The summed E-state index contributed by atoms with van der Waals surface area (Å²) in [6.07, 6.45) is 3.78. The van der Waals surface area contributed by atoms with Gasteiger partial charge < -0.3 is 19.5 Å². The van der Waals surface area contributed by atoms with E-state index in [-0.39, 0.29) is 29.5 Å². The van der Waals surface area contributed by atoms with Gasteiger partial charge in [-0.15, -0.1) is 0 Å². The number of aliphatic hydroxyl groups is 1. The predicted molar refractivity (Wildman–Crippen MR) is 94.0 cm³/mol. The summed E-state index contributed by atoms with van der Waals surface area (Å²) in [5.41, 5.74) is 2.65. The Hall–Kier alpha value is -2.41. The minimum absolute atomic E-state index is 0.122. The highest BCUT2D eigenvalue weighted by Crippen LogP contribution is 2.24. The van der Waals surface area contributed by atoms with E-state index in [0.29, 0.717) is 18.7 Å². The van der Waals surface area contributed by atoms with Crippen molar-refractivity contribution in [3.63, 3.8) is 0 Å². The van der Waals surface area contributed by atoms with Gasteiger partial charge in [-0.05, 0) is 44.2 Å². The summed E-state index contributed by atoms with van der Waals surface area (Å²) in [7, 11) is 0. The number of carbonyl (C=O) groups is 1. The fourth-order valence-corrected chi connectivity index (χ4v) is 4.00. The molecule has 138 valence electrons. The molecule has 4 rings (SSSR count). The number of nitrogens with zero attached hydrogens (tertiary/aromatic N) is 2. The predicted octanol–water partition coefficient (Wildman–Crippen LogP) is 1.23. The molecule has 1 saturated heterocycles. The number of hydrogen-bond donors (Lipinski definition) is 2. The number of H-pyrrole nitrogens is 1. The van der Waals surface area contributed by atoms with Crippen LogP contribution in [-0.2, 0) is 19.3 Å². The molecule has 0 saturated carbocycles. The van der Waals surface area contributed by atoms with Crippen molar-refractivity contribution in [1.82, 2.24) is 15.0 Å². The minimum atomic E-state index is -0.638. The highest BCUT2D eigenvalue weighted by Gasteiger charge is 2.36. The molecule has 0 radical (unpaired) electrons. The molecule has 3 heterocycles. The summed E-state index contributed by atoms with van der Waals surface area (Å²) in [5.74, 6) is 0.269. The highest BCUT2D eigenvalue weighted by molar-refractivity contribution is 5.94. The van der Waals surface area contributed by atoms with E-state index in [2.05, 4.69) is 10.1 Å². The molecule has 1 aliphatic carbocycles. The quantitative estimate of drug-likeness (QED) is 0.861. The number of aryl methyl sites for hydroxylation is 3. The maximum atomic E-state index is 12.9. The van der Waals surface area contributed by atoms with Crippen LogP contribution < -0.4 is 5.56 Å². The lowest BCUT2D eigenvalue weighted by Crippen LogP contribution is -2.34. The van der Waals surface area contributed by atoms with Crippen molar-refractivity contribution in [2.75, 3.05) is 13.1 Å². The molecule has 1 amide bonds. The number of likely N-dealkylation sites (tertiary alicyclic amines) is 1. The van der Waals surface area contributed by atoms with E-state index in [4.69, 9.17) is 4.52 Å². The van der Waals surface area contributed by atoms with Crippen molar-refractivity contribution in [3.8, 4) is 0 Å². The molecular weight excluding hydrogens is 334 g/mol. The number of nitrogens with one attached hydrogen (secondary N) is 1. The molecular formula is C19H23N3O4. The second kappa shape index (κ2) is 6.72. The smallest absolute Gasteiger partial charge is 0.261 e. The molecule has 2 aromatic rings. The van der Waals surface area contributed by atoms with Gasteiger partial charge in [0.15, 0.2) is 0 Å². The number of hydrogen-bond acceptors (Lipinski definition) is 5. The Kier molecular flexibility index (Phi) is 4.40. The maximum Gasteiger partial charge on any atom is 0.261 e. The van der Waals surface area contributed by atoms with Crippen LogP contribution in [0.15, 0.2) is 21.5 Å². The Bertz CT molecular complexity index is 885. The first kappa shape index (κ1) is 17.0. The minimum Gasteiger partial charge on any atom is -0.391 e. The van der Waals surface area contributed by atoms with Gasteiger partial charge in [0.1, 0.15) is 11.3 Å². The summed E-state index contributed by atoms with van der Waals surface area (Å²) in [5, 5.41) is 14.2. The summed E-state index contributed by atoms with van der Waals surface area (Å²) in [6, 6.07) is 3.58. The second-order valence-electron chi connectivity index (χ2n) is 7.40. The third kappa shape index (κ3) is 3.19. The van der Waals surface area contributed by atoms with Crippen molar-refractivity contribution in [3.05, 3.63) is 50.8 Å². The number of aromatic amines is 1. The molecule has 0 aromatic carbocycles. The van der Waals surface area contributed by atoms with E-state index in [9.17, 15) is 14.7 Å². The SMILES string of the molecule is Cc1cc(C[C@@H]2CN(C(=O)c3cc4c([nH]c3=O)CCCC4)C[C@@H]2O)on1. The second-order valence-corrected chi connectivity index (χ2v) is 7.40. The van der Waals surface area contributed by atoms with Crippen LogP contribution >= 0.6 is 0 Å². The van der Waals surface area contributed by atoms with Crippen LogP contribution in [0.3, 0.4) is 0 Å². The van der Waals surface area contributed by atoms with E-state index in [1.54, 1.807) is 11.0 Å². The van der Waals surface area contributed by atoms with Crippen molar-refractivity contribution in [2.45, 2.75) is 45.1 Å². The Labute approximate surface area is 151 Å². The van der Waals surface area contributed by atoms with Gasteiger partial charge in [0.05, 0.1) is 11.8 Å². The van der Waals surface area contributed by atoms with Crippen LogP contribution in [0.1, 0.15) is 45.9 Å². The van der Waals surface area contributed by atoms with Crippen molar-refractivity contribution in [1.29, 1.82) is 0 Å². The van der Waals surface area contributed by atoms with E-state index in [1.807, 2.05) is 13.0 Å². The molecule has 2 atom stereocenters. The van der Waals surface area contributed by atoms with Crippen molar-refractivity contribution in [2.24, 2.45) is 5.92 Å². The number of β-amino-alcohol motifs (C(OH)–C–C–N with tert-alkyl or cyclic N) is 1. The molecule has 2 aromatic heterocycles. The Morgan fingerprint density at radius 3 is 2.92 bits per heavy atom. The van der Waals surface area contributed by atoms with Gasteiger partial charge in [-0.3, -0.25) is 9.59 Å². The number of aliphatic hydroxyl groups excluding tert-OH is 1. The zero-order valence-corrected chi connectivity index (χ0v) is 14.8. The van der Waals surface area contributed by atoms with Gasteiger partial charge in [0.25, 0.3) is 11.5 Å². The first-order valence-corrected chi connectivity index (χ1v) is 9.16. The number of amides is 1. The van der Waals surface area contributed by atoms with Gasteiger partial charge in [-0.1, -0.05) is 5.16 Å². The van der Waals surface area contributed by atoms with Gasteiger partial charge in [-0.2, -0.15) is 0 Å². The van der Waals surface area contributed by atoms with Crippen molar-refractivity contribution >= 4 is 5.91 Å². The van der Waals surface area contributed by atoms with E-state index < -0.39 is 6.10 Å². The average molecular weight is 357 g/mol. The lowest BCUT2D eigenvalue weighted by atomic mass is 9.95. The number of pyridine rings is 1. The molecule has 0 spiro atoms. The molecule has 26 heavy (non-hydrogen) atoms. The first-order chi connectivity index (χ1) is 12.5. The van der Waals surface area contributed by atoms with Crippen LogP contribution in [0.4, 0.5) is 0 Å². The van der Waals surface area contributed by atoms with Crippen LogP contribution in [0.25, 0.3) is 0 Å². The number of rotatable bonds is 3. The molecule has 1 fully saturated rings. The van der Waals surface area contributed by atoms with Crippen LogP contribution in [0.5, 0.6) is 0 Å². The Balaban J connectivity index is 1.51. The molecule has 7 heteroatoms. The Morgan fingerprint density at radius 2 is 2.15 bits per heavy atom. The van der Waals surface area contributed by atoms with E-state index >= 15 is 0 Å². The number of fused-ring (bicyclic) bond motifs is 1. The lowest BCUT2D eigenvalue weighted by Gasteiger charge is -2.19. The normalized spacial score (nSPS) is 22.5. The molecule has 2 N–H and O–H groups in total. The van der Waals surface area contributed by atoms with E-state index in [1.165, 1.54) is 0 Å². The van der Waals surface area contributed by atoms with E-state index in [0.717, 1.165) is 42.6 Å². The number of aromatic nitrogens is 2. The monoisotopic (exact) mass is 357 g/mol. The summed E-state index contributed by atoms with van der Waals surface area (Å²) >= 11 is 0.